The maximum Gasteiger partial charge on any atom is 0.0177 e. The zero-order valence-corrected chi connectivity index (χ0v) is 6.74. The molecule has 0 aromatic carbocycles. The third-order valence-corrected chi connectivity index (χ3v) is 2.91. The summed E-state index contributed by atoms with van der Waals surface area (Å²) in [6.07, 6.45) is 2.03. The summed E-state index contributed by atoms with van der Waals surface area (Å²) in [6.45, 7) is 5.66. The van der Waals surface area contributed by atoms with E-state index in [-0.39, 0.29) is 0 Å². The SMILES string of the molecule is CC1CNC=CSC1C. The number of rotatable bonds is 0. The van der Waals surface area contributed by atoms with E-state index in [0.29, 0.717) is 0 Å². The molecular weight excluding hydrogens is 130 g/mol. The van der Waals surface area contributed by atoms with Crippen molar-refractivity contribution >= 4 is 11.8 Å². The predicted octanol–water partition coefficient (Wildman–Crippen LogP) is 1.82. The largest absolute Gasteiger partial charge is 0.390 e. The minimum Gasteiger partial charge on any atom is -0.390 e. The van der Waals surface area contributed by atoms with Crippen LogP contribution in [0.3, 0.4) is 0 Å². The molecular formula is C7H13NS. The molecule has 0 aromatic heterocycles. The monoisotopic (exact) mass is 143 g/mol. The standard InChI is InChI=1S/C7H13NS/c1-6-5-8-3-4-9-7(6)2/h3-4,6-8H,5H2,1-2H3. The molecule has 1 aliphatic rings. The van der Waals surface area contributed by atoms with Gasteiger partial charge in [-0.3, -0.25) is 0 Å². The van der Waals surface area contributed by atoms with E-state index in [1.165, 1.54) is 0 Å². The van der Waals surface area contributed by atoms with Crippen molar-refractivity contribution in [1.29, 1.82) is 0 Å². The van der Waals surface area contributed by atoms with Crippen LogP contribution < -0.4 is 5.32 Å². The van der Waals surface area contributed by atoms with Crippen LogP contribution in [0.25, 0.3) is 0 Å². The van der Waals surface area contributed by atoms with Gasteiger partial charge in [0.2, 0.25) is 0 Å². The van der Waals surface area contributed by atoms with Crippen molar-refractivity contribution < 1.29 is 0 Å². The lowest BCUT2D eigenvalue weighted by Crippen LogP contribution is -2.20. The molecule has 1 N–H and O–H groups in total. The second-order valence-corrected chi connectivity index (χ2v) is 3.82. The maximum atomic E-state index is 3.23. The van der Waals surface area contributed by atoms with Crippen molar-refractivity contribution in [3.63, 3.8) is 0 Å². The first-order valence-corrected chi connectivity index (χ1v) is 4.29. The van der Waals surface area contributed by atoms with E-state index < -0.39 is 0 Å². The van der Waals surface area contributed by atoms with Crippen molar-refractivity contribution in [2.75, 3.05) is 6.54 Å². The zero-order chi connectivity index (χ0) is 6.69. The van der Waals surface area contributed by atoms with Crippen LogP contribution in [0.5, 0.6) is 0 Å². The molecule has 1 nitrogen and oxygen atoms in total. The van der Waals surface area contributed by atoms with Crippen LogP contribution in [-0.4, -0.2) is 11.8 Å². The number of hydrogen-bond acceptors (Lipinski definition) is 2. The summed E-state index contributed by atoms with van der Waals surface area (Å²) in [6, 6.07) is 0. The molecule has 1 aliphatic heterocycles. The number of hydrogen-bond donors (Lipinski definition) is 1. The second-order valence-electron chi connectivity index (χ2n) is 2.53. The van der Waals surface area contributed by atoms with Gasteiger partial charge in [0.25, 0.3) is 0 Å². The highest BCUT2D eigenvalue weighted by molar-refractivity contribution is 8.02. The van der Waals surface area contributed by atoms with Crippen LogP contribution in [0.1, 0.15) is 13.8 Å². The highest BCUT2D eigenvalue weighted by Crippen LogP contribution is 2.21. The van der Waals surface area contributed by atoms with Crippen LogP contribution in [0.15, 0.2) is 11.6 Å². The van der Waals surface area contributed by atoms with Gasteiger partial charge in [-0.05, 0) is 11.3 Å². The fourth-order valence-electron chi connectivity index (χ4n) is 0.765. The van der Waals surface area contributed by atoms with E-state index in [1.807, 2.05) is 18.0 Å². The van der Waals surface area contributed by atoms with Crippen molar-refractivity contribution in [2.45, 2.75) is 19.1 Å². The molecule has 0 saturated heterocycles. The van der Waals surface area contributed by atoms with Crippen LogP contribution in [0.4, 0.5) is 0 Å². The van der Waals surface area contributed by atoms with E-state index in [9.17, 15) is 0 Å². The lowest BCUT2D eigenvalue weighted by Gasteiger charge is -2.13. The molecule has 2 unspecified atom stereocenters. The van der Waals surface area contributed by atoms with Gasteiger partial charge in [0, 0.05) is 18.0 Å². The Labute approximate surface area is 60.9 Å². The fourth-order valence-corrected chi connectivity index (χ4v) is 1.55. The molecule has 0 saturated carbocycles. The summed E-state index contributed by atoms with van der Waals surface area (Å²) in [5.74, 6) is 0.782. The minimum atomic E-state index is 0.760. The minimum absolute atomic E-state index is 0.760. The summed E-state index contributed by atoms with van der Waals surface area (Å²) in [7, 11) is 0. The molecule has 52 valence electrons. The van der Waals surface area contributed by atoms with Crippen LogP contribution in [-0.2, 0) is 0 Å². The number of thioether (sulfide) groups is 1. The second kappa shape index (κ2) is 3.16. The molecule has 9 heavy (non-hydrogen) atoms. The first-order chi connectivity index (χ1) is 4.30. The van der Waals surface area contributed by atoms with Gasteiger partial charge < -0.3 is 5.32 Å². The maximum absolute atomic E-state index is 3.23. The molecule has 0 aliphatic carbocycles. The van der Waals surface area contributed by atoms with Gasteiger partial charge in [-0.2, -0.15) is 0 Å². The van der Waals surface area contributed by atoms with E-state index in [1.54, 1.807) is 0 Å². The van der Waals surface area contributed by atoms with Gasteiger partial charge in [-0.1, -0.05) is 13.8 Å². The molecule has 2 heteroatoms. The Hall–Kier alpha value is -0.110. The van der Waals surface area contributed by atoms with Gasteiger partial charge in [-0.25, -0.2) is 0 Å². The third-order valence-electron chi connectivity index (χ3n) is 1.72. The summed E-state index contributed by atoms with van der Waals surface area (Å²) in [4.78, 5) is 0. The lowest BCUT2D eigenvalue weighted by atomic mass is 10.1. The molecule has 0 radical (unpaired) electrons. The van der Waals surface area contributed by atoms with Crippen LogP contribution >= 0.6 is 11.8 Å². The average Bonchev–Trinajstić information content (AvgIpc) is 1.99. The summed E-state index contributed by atoms with van der Waals surface area (Å²) >= 11 is 1.90. The van der Waals surface area contributed by atoms with E-state index in [4.69, 9.17) is 0 Å². The third kappa shape index (κ3) is 1.94. The Morgan fingerprint density at radius 1 is 1.56 bits per heavy atom. The van der Waals surface area contributed by atoms with Crippen molar-refractivity contribution in [3.05, 3.63) is 11.6 Å². The van der Waals surface area contributed by atoms with Crippen molar-refractivity contribution in [3.8, 4) is 0 Å². The van der Waals surface area contributed by atoms with Gasteiger partial charge >= 0.3 is 0 Å². The Morgan fingerprint density at radius 2 is 2.33 bits per heavy atom. The molecule has 1 heterocycles. The van der Waals surface area contributed by atoms with E-state index in [0.717, 1.165) is 17.7 Å². The van der Waals surface area contributed by atoms with Crippen LogP contribution in [0, 0.1) is 5.92 Å². The highest BCUT2D eigenvalue weighted by atomic mass is 32.2. The Bertz CT molecular complexity index is 111. The molecule has 2 atom stereocenters. The van der Waals surface area contributed by atoms with Gasteiger partial charge in [0.15, 0.2) is 0 Å². The van der Waals surface area contributed by atoms with Crippen LogP contribution in [0.2, 0.25) is 0 Å². The van der Waals surface area contributed by atoms with Gasteiger partial charge in [0.1, 0.15) is 0 Å². The van der Waals surface area contributed by atoms with Gasteiger partial charge in [0.05, 0.1) is 0 Å². The Balaban J connectivity index is 2.42. The molecule has 0 amide bonds. The zero-order valence-electron chi connectivity index (χ0n) is 5.92. The predicted molar refractivity (Wildman–Crippen MR) is 43.4 cm³/mol. The molecule has 0 spiro atoms. The lowest BCUT2D eigenvalue weighted by molar-refractivity contribution is 0.556. The first kappa shape index (κ1) is 7.00. The quantitative estimate of drug-likeness (QED) is 0.555. The first-order valence-electron chi connectivity index (χ1n) is 3.34. The molecule has 0 bridgehead atoms. The topological polar surface area (TPSA) is 12.0 Å². The van der Waals surface area contributed by atoms with E-state index in [2.05, 4.69) is 24.6 Å². The fraction of sp³-hybridized carbons (Fsp3) is 0.714. The molecule has 0 aromatic rings. The Kier molecular flexibility index (Phi) is 2.46. The normalized spacial score (nSPS) is 35.3. The van der Waals surface area contributed by atoms with E-state index >= 15 is 0 Å². The average molecular weight is 143 g/mol. The molecule has 1 rings (SSSR count). The summed E-state index contributed by atoms with van der Waals surface area (Å²) in [5, 5.41) is 6.12. The molecule has 0 fully saturated rings. The summed E-state index contributed by atoms with van der Waals surface area (Å²) in [5.41, 5.74) is 0. The highest BCUT2D eigenvalue weighted by Gasteiger charge is 2.11. The van der Waals surface area contributed by atoms with Gasteiger partial charge in [-0.15, -0.1) is 11.8 Å². The number of nitrogens with one attached hydrogen (secondary N) is 1. The summed E-state index contributed by atoms with van der Waals surface area (Å²) < 4.78 is 0. The van der Waals surface area contributed by atoms with Crippen molar-refractivity contribution in [2.24, 2.45) is 5.92 Å². The van der Waals surface area contributed by atoms with Crippen molar-refractivity contribution in [1.82, 2.24) is 5.32 Å². The Morgan fingerprint density at radius 3 is 3.11 bits per heavy atom. The smallest absolute Gasteiger partial charge is 0.0177 e.